The van der Waals surface area contributed by atoms with Crippen LogP contribution in [0.1, 0.15) is 36.0 Å². The first-order valence-corrected chi connectivity index (χ1v) is 10.1. The Kier molecular flexibility index (Phi) is 11.9. The quantitative estimate of drug-likeness (QED) is 0.193. The Balaban J connectivity index is 0.000000629. The molecule has 0 spiro atoms. The van der Waals surface area contributed by atoms with E-state index in [0.717, 1.165) is 13.4 Å². The molecule has 0 unspecified atom stereocenters. The normalized spacial score (nSPS) is 12.3. The van der Waals surface area contributed by atoms with Gasteiger partial charge in [0.2, 0.25) is 12.3 Å². The number of aldehydes is 1. The van der Waals surface area contributed by atoms with Crippen LogP contribution >= 0.6 is 0 Å². The highest BCUT2D eigenvalue weighted by atomic mass is 19.3. The van der Waals surface area contributed by atoms with Crippen molar-refractivity contribution in [3.8, 4) is 11.1 Å². The number of carbonyl (C=O) groups is 3. The van der Waals surface area contributed by atoms with Crippen molar-refractivity contribution in [1.82, 2.24) is 5.06 Å². The molecule has 0 radical (unpaired) electrons. The highest BCUT2D eigenvalue weighted by Gasteiger charge is 2.44. The predicted molar refractivity (Wildman–Crippen MR) is 115 cm³/mol. The average Bonchev–Trinajstić information content (AvgIpc) is 3.04. The van der Waals surface area contributed by atoms with Gasteiger partial charge in [0.1, 0.15) is 6.29 Å². The Hall–Kier alpha value is -3.31. The minimum atomic E-state index is -3.05. The van der Waals surface area contributed by atoms with E-state index in [1.54, 1.807) is 24.3 Å². The number of fused-ring (bicyclic) bond motifs is 3. The summed E-state index contributed by atoms with van der Waals surface area (Å²) in [6, 6.07) is 10.8. The largest absolute Gasteiger partial charge is 0.372 e. The van der Waals surface area contributed by atoms with Crippen LogP contribution in [0.4, 0.5) is 17.6 Å². The maximum atomic E-state index is 14.5. The van der Waals surface area contributed by atoms with Crippen molar-refractivity contribution in [2.75, 3.05) is 13.7 Å². The molecule has 0 atom stereocenters. The van der Waals surface area contributed by atoms with Gasteiger partial charge in [-0.1, -0.05) is 42.5 Å². The Labute approximate surface area is 194 Å². The number of benzene rings is 2. The summed E-state index contributed by atoms with van der Waals surface area (Å²) < 4.78 is 53.5. The Morgan fingerprint density at radius 3 is 2.29 bits per heavy atom. The molecule has 3 N–H and O–H groups in total. The monoisotopic (exact) mass is 486 g/mol. The molecule has 2 aromatic carbocycles. The first-order chi connectivity index (χ1) is 16.1. The van der Waals surface area contributed by atoms with Gasteiger partial charge in [0.15, 0.2) is 0 Å². The standard InChI is InChI=1S/C20H19F2NO3.C2H4F2O.CH3NO/c21-20(22)17-7-3-2-6-15(17)16-12-14(8-9-18(16)20)13-19(25)23(26)10-4-1-5-11-24;1-5-2(3)4;2-1-3/h2-3,6-9,11-12,26H,1,4-5,10,13H2;2H,1H3;1H,(H2,2,3). The topological polar surface area (TPSA) is 110 Å². The maximum Gasteiger partial charge on any atom is 0.345 e. The molecule has 0 aliphatic heterocycles. The van der Waals surface area contributed by atoms with Gasteiger partial charge in [-0.25, -0.2) is 5.06 Å². The second-order valence-corrected chi connectivity index (χ2v) is 6.99. The van der Waals surface area contributed by atoms with Gasteiger partial charge in [0, 0.05) is 31.2 Å². The van der Waals surface area contributed by atoms with E-state index >= 15 is 0 Å². The lowest BCUT2D eigenvalue weighted by molar-refractivity contribution is -0.164. The molecule has 7 nitrogen and oxygen atoms in total. The number of nitrogens with two attached hydrogens (primary N) is 1. The van der Waals surface area contributed by atoms with E-state index in [4.69, 9.17) is 4.79 Å². The lowest BCUT2D eigenvalue weighted by atomic mass is 10.0. The Morgan fingerprint density at radius 2 is 1.71 bits per heavy atom. The summed E-state index contributed by atoms with van der Waals surface area (Å²) in [6.07, 6.45) is 2.47. The predicted octanol–water partition coefficient (Wildman–Crippen LogP) is 3.89. The van der Waals surface area contributed by atoms with Gasteiger partial charge in [0.05, 0.1) is 6.42 Å². The summed E-state index contributed by atoms with van der Waals surface area (Å²) in [5.41, 5.74) is 5.53. The van der Waals surface area contributed by atoms with Crippen molar-refractivity contribution in [1.29, 1.82) is 0 Å². The molecule has 2 aromatic rings. The molecule has 0 bridgehead atoms. The third-order valence-electron chi connectivity index (χ3n) is 4.74. The number of alkyl halides is 4. The molecule has 2 amide bonds. The Bertz CT molecular complexity index is 957. The van der Waals surface area contributed by atoms with E-state index in [1.807, 2.05) is 0 Å². The van der Waals surface area contributed by atoms with Crippen LogP contribution in [0.3, 0.4) is 0 Å². The second-order valence-electron chi connectivity index (χ2n) is 6.99. The summed E-state index contributed by atoms with van der Waals surface area (Å²) >= 11 is 0. The molecule has 186 valence electrons. The number of hydroxylamine groups is 2. The molecule has 0 saturated heterocycles. The van der Waals surface area contributed by atoms with Crippen molar-refractivity contribution in [3.63, 3.8) is 0 Å². The number of hydrogen-bond acceptors (Lipinski definition) is 5. The molecule has 1 aliphatic carbocycles. The molecule has 34 heavy (non-hydrogen) atoms. The van der Waals surface area contributed by atoms with Crippen LogP contribution in [0.2, 0.25) is 0 Å². The molecular weight excluding hydrogens is 460 g/mol. The van der Waals surface area contributed by atoms with Gasteiger partial charge < -0.3 is 15.3 Å². The number of hydrogen-bond donors (Lipinski definition) is 2. The SMILES string of the molecule is COC(F)F.NC=O.O=CCCCCN(O)C(=O)Cc1ccc2c(c1)-c1ccccc1C2(F)F. The van der Waals surface area contributed by atoms with Crippen LogP contribution in [0.25, 0.3) is 11.1 Å². The number of carbonyl (C=O) groups excluding carboxylic acids is 3. The number of amides is 2. The third-order valence-corrected chi connectivity index (χ3v) is 4.74. The molecule has 0 aromatic heterocycles. The lowest BCUT2D eigenvalue weighted by Crippen LogP contribution is -2.29. The van der Waals surface area contributed by atoms with Crippen molar-refractivity contribution in [3.05, 3.63) is 59.2 Å². The fourth-order valence-electron chi connectivity index (χ4n) is 3.21. The number of rotatable bonds is 8. The number of primary amides is 1. The van der Waals surface area contributed by atoms with Crippen LogP contribution in [-0.4, -0.2) is 49.1 Å². The van der Waals surface area contributed by atoms with Crippen LogP contribution in [-0.2, 0) is 31.5 Å². The summed E-state index contributed by atoms with van der Waals surface area (Å²) in [7, 11) is 0.949. The van der Waals surface area contributed by atoms with E-state index in [0.29, 0.717) is 41.0 Å². The first-order valence-electron chi connectivity index (χ1n) is 10.1. The number of nitrogens with zero attached hydrogens (tertiary/aromatic N) is 1. The highest BCUT2D eigenvalue weighted by Crippen LogP contribution is 2.50. The van der Waals surface area contributed by atoms with Crippen LogP contribution < -0.4 is 5.73 Å². The maximum absolute atomic E-state index is 14.5. The van der Waals surface area contributed by atoms with Crippen LogP contribution in [0.5, 0.6) is 0 Å². The third kappa shape index (κ3) is 7.92. The van der Waals surface area contributed by atoms with Gasteiger partial charge in [-0.3, -0.25) is 14.8 Å². The van der Waals surface area contributed by atoms with Gasteiger partial charge >= 0.3 is 6.61 Å². The average molecular weight is 486 g/mol. The molecule has 1 aliphatic rings. The zero-order valence-corrected chi connectivity index (χ0v) is 18.4. The Morgan fingerprint density at radius 1 is 1.12 bits per heavy atom. The minimum absolute atomic E-state index is 0.0301. The molecular formula is C23H26F4N2O5. The number of unbranched alkanes of at least 4 members (excludes halogenated alkanes) is 2. The molecule has 0 saturated carbocycles. The zero-order chi connectivity index (χ0) is 25.7. The van der Waals surface area contributed by atoms with E-state index in [-0.39, 0.29) is 30.5 Å². The minimum Gasteiger partial charge on any atom is -0.372 e. The van der Waals surface area contributed by atoms with E-state index in [9.17, 15) is 32.4 Å². The second kappa shape index (κ2) is 14.1. The van der Waals surface area contributed by atoms with E-state index in [2.05, 4.69) is 10.5 Å². The van der Waals surface area contributed by atoms with Crippen molar-refractivity contribution in [2.24, 2.45) is 5.73 Å². The summed E-state index contributed by atoms with van der Waals surface area (Å²) in [4.78, 5) is 30.9. The first kappa shape index (κ1) is 28.7. The summed E-state index contributed by atoms with van der Waals surface area (Å²) in [5.74, 6) is -3.55. The summed E-state index contributed by atoms with van der Waals surface area (Å²) in [5, 5.41) is 10.4. The van der Waals surface area contributed by atoms with Gasteiger partial charge in [-0.15, -0.1) is 0 Å². The van der Waals surface area contributed by atoms with E-state index in [1.165, 1.54) is 18.2 Å². The lowest BCUT2D eigenvalue weighted by Gasteiger charge is -2.15. The highest BCUT2D eigenvalue weighted by molar-refractivity contribution is 5.82. The van der Waals surface area contributed by atoms with Crippen molar-refractivity contribution < 1.29 is 41.9 Å². The molecule has 3 rings (SSSR count). The van der Waals surface area contributed by atoms with Crippen molar-refractivity contribution >= 4 is 18.6 Å². The number of ether oxygens (including phenoxy) is 1. The molecule has 11 heteroatoms. The van der Waals surface area contributed by atoms with Crippen LogP contribution in [0.15, 0.2) is 42.5 Å². The number of halogens is 4. The molecule has 0 fully saturated rings. The van der Waals surface area contributed by atoms with Gasteiger partial charge in [-0.05, 0) is 29.5 Å². The van der Waals surface area contributed by atoms with Crippen molar-refractivity contribution in [2.45, 2.75) is 38.2 Å². The van der Waals surface area contributed by atoms with Gasteiger partial charge in [-0.2, -0.15) is 17.6 Å². The fraction of sp³-hybridized carbons (Fsp3) is 0.348. The summed E-state index contributed by atoms with van der Waals surface area (Å²) in [6.45, 7) is -2.48. The van der Waals surface area contributed by atoms with E-state index < -0.39 is 18.4 Å². The number of methoxy groups -OCH3 is 1. The molecule has 0 heterocycles. The fourth-order valence-corrected chi connectivity index (χ4v) is 3.21. The zero-order valence-electron chi connectivity index (χ0n) is 18.4. The smallest absolute Gasteiger partial charge is 0.345 e. The van der Waals surface area contributed by atoms with Crippen LogP contribution in [0, 0.1) is 0 Å². The van der Waals surface area contributed by atoms with Gasteiger partial charge in [0.25, 0.3) is 5.92 Å².